The third-order valence-electron chi connectivity index (χ3n) is 3.14. The third-order valence-corrected chi connectivity index (χ3v) is 3.73. The van der Waals surface area contributed by atoms with E-state index in [-0.39, 0.29) is 5.91 Å². The van der Waals surface area contributed by atoms with Crippen LogP contribution in [-0.2, 0) is 0 Å². The molecule has 0 spiro atoms. The number of carbonyl (C=O) groups excluding carboxylic acids is 1. The van der Waals surface area contributed by atoms with Crippen molar-refractivity contribution in [3.8, 4) is 17.2 Å². The fraction of sp³-hybridized carbons (Fsp3) is 0.188. The molecule has 0 atom stereocenters. The lowest BCUT2D eigenvalue weighted by Crippen LogP contribution is -2.13. The van der Waals surface area contributed by atoms with Crippen LogP contribution in [0.4, 0.5) is 5.69 Å². The van der Waals surface area contributed by atoms with Gasteiger partial charge in [-0.15, -0.1) is 0 Å². The molecule has 7 heteroatoms. The molecule has 1 N–H and O–H groups in total. The maximum Gasteiger partial charge on any atom is 0.255 e. The molecule has 2 aromatic carbocycles. The first-order valence-electron chi connectivity index (χ1n) is 6.56. The van der Waals surface area contributed by atoms with Gasteiger partial charge in [-0.2, -0.15) is 0 Å². The summed E-state index contributed by atoms with van der Waals surface area (Å²) in [6, 6.07) is 7.91. The lowest BCUT2D eigenvalue weighted by molar-refractivity contribution is 0.102. The highest BCUT2D eigenvalue weighted by Crippen LogP contribution is 2.36. The number of methoxy groups -OCH3 is 3. The zero-order chi connectivity index (χ0) is 17.0. The van der Waals surface area contributed by atoms with E-state index in [1.807, 2.05) is 0 Å². The van der Waals surface area contributed by atoms with Crippen LogP contribution >= 0.6 is 23.2 Å². The number of nitrogens with one attached hydrogen (secondary N) is 1. The molecule has 122 valence electrons. The highest BCUT2D eigenvalue weighted by Gasteiger charge is 2.15. The fourth-order valence-electron chi connectivity index (χ4n) is 1.96. The van der Waals surface area contributed by atoms with Crippen LogP contribution in [0.3, 0.4) is 0 Å². The molecule has 0 bridgehead atoms. The first-order valence-corrected chi connectivity index (χ1v) is 7.32. The maximum absolute atomic E-state index is 12.4. The summed E-state index contributed by atoms with van der Waals surface area (Å²) in [4.78, 5) is 12.4. The Morgan fingerprint density at radius 2 is 1.48 bits per heavy atom. The van der Waals surface area contributed by atoms with Gasteiger partial charge in [0.25, 0.3) is 5.91 Å². The largest absolute Gasteiger partial charge is 0.495 e. The van der Waals surface area contributed by atoms with E-state index < -0.39 is 0 Å². The van der Waals surface area contributed by atoms with Crippen LogP contribution in [0.2, 0.25) is 10.0 Å². The van der Waals surface area contributed by atoms with Crippen molar-refractivity contribution in [2.75, 3.05) is 26.6 Å². The van der Waals surface area contributed by atoms with Gasteiger partial charge in [0.05, 0.1) is 37.1 Å². The SMILES string of the molecule is COc1ccc(C(=O)Nc2cc(OC)c(Cl)cc2OC)cc1Cl. The van der Waals surface area contributed by atoms with E-state index in [1.165, 1.54) is 27.4 Å². The van der Waals surface area contributed by atoms with Crippen molar-refractivity contribution in [3.63, 3.8) is 0 Å². The van der Waals surface area contributed by atoms with Gasteiger partial charge in [0.15, 0.2) is 0 Å². The van der Waals surface area contributed by atoms with E-state index >= 15 is 0 Å². The highest BCUT2D eigenvalue weighted by atomic mass is 35.5. The summed E-state index contributed by atoms with van der Waals surface area (Å²) < 4.78 is 15.4. The van der Waals surface area contributed by atoms with Crippen LogP contribution in [0.25, 0.3) is 0 Å². The van der Waals surface area contributed by atoms with Gasteiger partial charge in [0, 0.05) is 17.7 Å². The molecule has 0 aliphatic carbocycles. The van der Waals surface area contributed by atoms with Crippen LogP contribution in [0.5, 0.6) is 17.2 Å². The lowest BCUT2D eigenvalue weighted by atomic mass is 10.2. The number of ether oxygens (including phenoxy) is 3. The summed E-state index contributed by atoms with van der Waals surface area (Å²) in [6.07, 6.45) is 0. The van der Waals surface area contributed by atoms with E-state index in [0.717, 1.165) is 0 Å². The topological polar surface area (TPSA) is 56.8 Å². The fourth-order valence-corrected chi connectivity index (χ4v) is 2.45. The van der Waals surface area contributed by atoms with Gasteiger partial charge in [0.1, 0.15) is 17.2 Å². The summed E-state index contributed by atoms with van der Waals surface area (Å²) in [6.45, 7) is 0. The number of rotatable bonds is 5. The zero-order valence-corrected chi connectivity index (χ0v) is 14.3. The van der Waals surface area contributed by atoms with Crippen molar-refractivity contribution in [2.45, 2.75) is 0 Å². The number of halogens is 2. The zero-order valence-electron chi connectivity index (χ0n) is 12.8. The molecular formula is C16H15Cl2NO4. The van der Waals surface area contributed by atoms with Gasteiger partial charge in [0.2, 0.25) is 0 Å². The highest BCUT2D eigenvalue weighted by molar-refractivity contribution is 6.33. The number of hydrogen-bond acceptors (Lipinski definition) is 4. The first kappa shape index (κ1) is 17.2. The summed E-state index contributed by atoms with van der Waals surface area (Å²) >= 11 is 12.1. The quantitative estimate of drug-likeness (QED) is 0.869. The van der Waals surface area contributed by atoms with Crippen molar-refractivity contribution in [2.24, 2.45) is 0 Å². The molecule has 0 saturated heterocycles. The number of anilines is 1. The molecule has 2 rings (SSSR count). The van der Waals surface area contributed by atoms with Crippen molar-refractivity contribution < 1.29 is 19.0 Å². The average Bonchev–Trinajstić information content (AvgIpc) is 2.55. The van der Waals surface area contributed by atoms with Crippen molar-refractivity contribution in [1.29, 1.82) is 0 Å². The summed E-state index contributed by atoms with van der Waals surface area (Å²) in [7, 11) is 4.48. The van der Waals surface area contributed by atoms with E-state index in [2.05, 4.69) is 5.32 Å². The average molecular weight is 356 g/mol. The minimum Gasteiger partial charge on any atom is -0.495 e. The summed E-state index contributed by atoms with van der Waals surface area (Å²) in [5, 5.41) is 3.47. The second-order valence-electron chi connectivity index (χ2n) is 4.49. The predicted molar refractivity (Wildman–Crippen MR) is 90.5 cm³/mol. The number of benzene rings is 2. The Hall–Kier alpha value is -2.11. The van der Waals surface area contributed by atoms with Crippen LogP contribution < -0.4 is 19.5 Å². The van der Waals surface area contributed by atoms with Crippen LogP contribution in [0.1, 0.15) is 10.4 Å². The van der Waals surface area contributed by atoms with Crippen LogP contribution in [0.15, 0.2) is 30.3 Å². The Labute approximate surface area is 144 Å². The van der Waals surface area contributed by atoms with E-state index in [0.29, 0.717) is 38.5 Å². The second-order valence-corrected chi connectivity index (χ2v) is 5.30. The van der Waals surface area contributed by atoms with Gasteiger partial charge in [-0.3, -0.25) is 4.79 Å². The molecule has 0 fully saturated rings. The van der Waals surface area contributed by atoms with E-state index in [1.54, 1.807) is 24.3 Å². The Kier molecular flexibility index (Phi) is 5.58. The predicted octanol–water partition coefficient (Wildman–Crippen LogP) is 4.27. The Bertz CT molecular complexity index is 734. The van der Waals surface area contributed by atoms with Crippen LogP contribution in [0, 0.1) is 0 Å². The van der Waals surface area contributed by atoms with Crippen molar-refractivity contribution in [1.82, 2.24) is 0 Å². The number of carbonyl (C=O) groups is 1. The van der Waals surface area contributed by atoms with E-state index in [9.17, 15) is 4.79 Å². The molecule has 0 unspecified atom stereocenters. The smallest absolute Gasteiger partial charge is 0.255 e. The second kappa shape index (κ2) is 7.44. The summed E-state index contributed by atoms with van der Waals surface area (Å²) in [5.74, 6) is 0.991. The van der Waals surface area contributed by atoms with Crippen molar-refractivity contribution in [3.05, 3.63) is 45.9 Å². The first-order chi connectivity index (χ1) is 11.0. The van der Waals surface area contributed by atoms with Gasteiger partial charge >= 0.3 is 0 Å². The molecule has 1 amide bonds. The Balaban J connectivity index is 2.31. The number of amides is 1. The molecule has 0 radical (unpaired) electrons. The normalized spacial score (nSPS) is 10.1. The molecule has 23 heavy (non-hydrogen) atoms. The summed E-state index contributed by atoms with van der Waals surface area (Å²) in [5.41, 5.74) is 0.817. The molecule has 0 heterocycles. The van der Waals surface area contributed by atoms with Gasteiger partial charge in [-0.05, 0) is 18.2 Å². The lowest BCUT2D eigenvalue weighted by Gasteiger charge is -2.13. The van der Waals surface area contributed by atoms with Crippen molar-refractivity contribution >= 4 is 34.8 Å². The van der Waals surface area contributed by atoms with Gasteiger partial charge in [-0.25, -0.2) is 0 Å². The Morgan fingerprint density at radius 3 is 2.04 bits per heavy atom. The van der Waals surface area contributed by atoms with Crippen LogP contribution in [-0.4, -0.2) is 27.2 Å². The van der Waals surface area contributed by atoms with E-state index in [4.69, 9.17) is 37.4 Å². The van der Waals surface area contributed by atoms with Gasteiger partial charge in [-0.1, -0.05) is 23.2 Å². The molecule has 0 aliphatic rings. The molecule has 5 nitrogen and oxygen atoms in total. The molecule has 2 aromatic rings. The Morgan fingerprint density at radius 1 is 0.870 bits per heavy atom. The minimum absolute atomic E-state index is 0.348. The number of hydrogen-bond donors (Lipinski definition) is 1. The maximum atomic E-state index is 12.4. The molecule has 0 aliphatic heterocycles. The minimum atomic E-state index is -0.350. The third kappa shape index (κ3) is 3.81. The molecule has 0 saturated carbocycles. The standard InChI is InChI=1S/C16H15Cl2NO4/c1-21-13-5-4-9(6-10(13)17)16(20)19-12-8-14(22-2)11(18)7-15(12)23-3/h4-8H,1-3H3,(H,19,20). The molecular weight excluding hydrogens is 341 g/mol. The van der Waals surface area contributed by atoms with Gasteiger partial charge < -0.3 is 19.5 Å². The monoisotopic (exact) mass is 355 g/mol. The molecule has 0 aromatic heterocycles.